The van der Waals surface area contributed by atoms with Gasteiger partial charge >= 0.3 is 0 Å². The first-order valence-electron chi connectivity index (χ1n) is 15.1. The molecule has 2 aromatic heterocycles. The van der Waals surface area contributed by atoms with Gasteiger partial charge in [0.15, 0.2) is 0 Å². The van der Waals surface area contributed by atoms with E-state index in [1.54, 1.807) is 18.7 Å². The molecule has 0 spiro atoms. The van der Waals surface area contributed by atoms with Crippen molar-refractivity contribution in [2.24, 2.45) is 7.05 Å². The quantitative estimate of drug-likeness (QED) is 0.260. The number of ether oxygens (including phenoxy) is 2. The van der Waals surface area contributed by atoms with E-state index in [4.69, 9.17) is 9.47 Å². The molecule has 0 bridgehead atoms. The summed E-state index contributed by atoms with van der Waals surface area (Å²) in [5.41, 5.74) is 5.62. The van der Waals surface area contributed by atoms with Gasteiger partial charge in [0, 0.05) is 62.5 Å². The highest BCUT2D eigenvalue weighted by Gasteiger charge is 2.34. The van der Waals surface area contributed by atoms with Gasteiger partial charge in [0.2, 0.25) is 5.91 Å². The van der Waals surface area contributed by atoms with Crippen molar-refractivity contribution in [3.63, 3.8) is 0 Å². The molecule has 0 unspecified atom stereocenters. The van der Waals surface area contributed by atoms with Gasteiger partial charge in [0.05, 0.1) is 34.6 Å². The summed E-state index contributed by atoms with van der Waals surface area (Å²) in [7, 11) is 5.94. The molecule has 1 amide bonds. The predicted octanol–water partition coefficient (Wildman–Crippen LogP) is 4.89. The van der Waals surface area contributed by atoms with Gasteiger partial charge in [-0.05, 0) is 63.0 Å². The number of fused-ring (bicyclic) bond motifs is 5. The van der Waals surface area contributed by atoms with Crippen molar-refractivity contribution in [1.29, 1.82) is 0 Å². The van der Waals surface area contributed by atoms with Crippen molar-refractivity contribution >= 4 is 45.0 Å². The SMILES string of the molecule is Cc1cc(Nc2ncnc3cc4c(cc23)N2CCN(C(=O)/C=C/CN(C)C)C[C@H]2CO4)ccc1Oc1ccc2c(c1)ncn2C. The number of nitrogens with zero attached hydrogens (tertiary/aromatic N) is 7. The van der Waals surface area contributed by atoms with Crippen LogP contribution in [0.2, 0.25) is 0 Å². The van der Waals surface area contributed by atoms with E-state index in [0.29, 0.717) is 25.5 Å². The minimum atomic E-state index is 0.0432. The average Bonchev–Trinajstić information content (AvgIpc) is 3.40. The summed E-state index contributed by atoms with van der Waals surface area (Å²) < 4.78 is 14.4. The topological polar surface area (TPSA) is 101 Å². The Morgan fingerprint density at radius 2 is 1.98 bits per heavy atom. The second kappa shape index (κ2) is 11.7. The van der Waals surface area contributed by atoms with Crippen LogP contribution in [-0.4, -0.2) is 88.1 Å². The van der Waals surface area contributed by atoms with E-state index in [0.717, 1.165) is 69.2 Å². The molecule has 2 aliphatic heterocycles. The fourth-order valence-corrected chi connectivity index (χ4v) is 5.97. The smallest absolute Gasteiger partial charge is 0.246 e. The Bertz CT molecular complexity index is 1930. The molecule has 45 heavy (non-hydrogen) atoms. The van der Waals surface area contributed by atoms with Gasteiger partial charge in [0.1, 0.15) is 36.0 Å². The fraction of sp³-hybridized carbons (Fsp3) is 0.294. The number of rotatable bonds is 7. The normalized spacial score (nSPS) is 16.2. The molecule has 7 rings (SSSR count). The van der Waals surface area contributed by atoms with Crippen molar-refractivity contribution in [1.82, 2.24) is 29.3 Å². The number of piperazine rings is 1. The summed E-state index contributed by atoms with van der Waals surface area (Å²) in [6, 6.07) is 16.1. The Morgan fingerprint density at radius 3 is 2.82 bits per heavy atom. The number of anilines is 3. The van der Waals surface area contributed by atoms with E-state index in [2.05, 4.69) is 31.2 Å². The van der Waals surface area contributed by atoms with Crippen LogP contribution in [0.25, 0.3) is 21.9 Å². The molecule has 2 aliphatic rings. The lowest BCUT2D eigenvalue weighted by atomic mass is 10.1. The number of hydrogen-bond acceptors (Lipinski definition) is 9. The molecule has 11 nitrogen and oxygen atoms in total. The first-order chi connectivity index (χ1) is 21.8. The van der Waals surface area contributed by atoms with Crippen molar-refractivity contribution in [2.75, 3.05) is 57.1 Å². The molecule has 1 saturated heterocycles. The van der Waals surface area contributed by atoms with Gasteiger partial charge in [-0.2, -0.15) is 0 Å². The van der Waals surface area contributed by atoms with Gasteiger partial charge < -0.3 is 34.1 Å². The Kier molecular flexibility index (Phi) is 7.46. The largest absolute Gasteiger partial charge is 0.489 e. The van der Waals surface area contributed by atoms with Crippen LogP contribution in [0.5, 0.6) is 17.2 Å². The molecule has 4 heterocycles. The van der Waals surface area contributed by atoms with Crippen LogP contribution in [-0.2, 0) is 11.8 Å². The minimum absolute atomic E-state index is 0.0432. The maximum Gasteiger partial charge on any atom is 0.246 e. The zero-order chi connectivity index (χ0) is 31.1. The Labute approximate surface area is 261 Å². The zero-order valence-electron chi connectivity index (χ0n) is 25.9. The number of carbonyl (C=O) groups is 1. The van der Waals surface area contributed by atoms with Gasteiger partial charge in [-0.25, -0.2) is 15.0 Å². The molecule has 1 N–H and O–H groups in total. The number of hydrogen-bond donors (Lipinski definition) is 1. The number of aryl methyl sites for hydroxylation is 2. The number of benzene rings is 3. The summed E-state index contributed by atoms with van der Waals surface area (Å²) in [6.07, 6.45) is 6.95. The van der Waals surface area contributed by atoms with Crippen LogP contribution in [0, 0.1) is 6.92 Å². The molecule has 0 radical (unpaired) electrons. The molecule has 1 atom stereocenters. The number of imidazole rings is 1. The van der Waals surface area contributed by atoms with Crippen LogP contribution in [0.15, 0.2) is 73.3 Å². The lowest BCUT2D eigenvalue weighted by Crippen LogP contribution is -2.58. The van der Waals surface area contributed by atoms with Crippen LogP contribution >= 0.6 is 0 Å². The lowest BCUT2D eigenvalue weighted by Gasteiger charge is -2.45. The maximum atomic E-state index is 12.8. The molecule has 5 aromatic rings. The lowest BCUT2D eigenvalue weighted by molar-refractivity contribution is -0.127. The van der Waals surface area contributed by atoms with Crippen LogP contribution in [0.1, 0.15) is 5.56 Å². The van der Waals surface area contributed by atoms with E-state index in [-0.39, 0.29) is 11.9 Å². The standard InChI is InChI=1S/C34H36N8O3/c1-22-14-23(7-10-31(22)45-25-8-9-29-28(15-25)37-21-40(29)4)38-34-26-16-30-32(17-27(26)35-20-36-34)44-19-24-18-41(12-13-42(24)30)33(43)6-5-11-39(2)3/h5-10,14-17,20-21,24H,11-13,18-19H2,1-4H3,(H,35,36,38)/b6-5+/t24-/m0/s1. The zero-order valence-corrected chi connectivity index (χ0v) is 25.9. The Balaban J connectivity index is 1.09. The van der Waals surface area contributed by atoms with Crippen molar-refractivity contribution in [3.8, 4) is 17.2 Å². The van der Waals surface area contributed by atoms with Crippen LogP contribution < -0.4 is 19.7 Å². The van der Waals surface area contributed by atoms with E-state index in [1.165, 1.54) is 0 Å². The van der Waals surface area contributed by atoms with Crippen molar-refractivity contribution in [3.05, 3.63) is 78.9 Å². The maximum absolute atomic E-state index is 12.8. The van der Waals surface area contributed by atoms with E-state index in [1.807, 2.05) is 91.0 Å². The summed E-state index contributed by atoms with van der Waals surface area (Å²) in [4.78, 5) is 32.7. The van der Waals surface area contributed by atoms with Gasteiger partial charge in [-0.1, -0.05) is 6.08 Å². The third-order valence-electron chi connectivity index (χ3n) is 8.34. The summed E-state index contributed by atoms with van der Waals surface area (Å²) >= 11 is 0. The molecular formula is C34H36N8O3. The third-order valence-corrected chi connectivity index (χ3v) is 8.34. The van der Waals surface area contributed by atoms with Crippen LogP contribution in [0.3, 0.4) is 0 Å². The number of likely N-dealkylation sites (N-methyl/N-ethyl adjacent to an activating group) is 1. The number of carbonyl (C=O) groups excluding carboxylic acids is 1. The highest BCUT2D eigenvalue weighted by molar-refractivity contribution is 5.95. The molecule has 0 saturated carbocycles. The molecule has 0 aliphatic carbocycles. The predicted molar refractivity (Wildman–Crippen MR) is 176 cm³/mol. The molecule has 230 valence electrons. The second-order valence-electron chi connectivity index (χ2n) is 11.9. The number of amides is 1. The molecule has 3 aromatic carbocycles. The molecular weight excluding hydrogens is 568 g/mol. The van der Waals surface area contributed by atoms with Crippen LogP contribution in [0.4, 0.5) is 17.2 Å². The van der Waals surface area contributed by atoms with E-state index in [9.17, 15) is 4.79 Å². The summed E-state index contributed by atoms with van der Waals surface area (Å²) in [5, 5.41) is 4.39. The number of nitrogens with one attached hydrogen (secondary N) is 1. The summed E-state index contributed by atoms with van der Waals surface area (Å²) in [6.45, 7) is 5.26. The van der Waals surface area contributed by atoms with E-state index >= 15 is 0 Å². The summed E-state index contributed by atoms with van der Waals surface area (Å²) in [5.74, 6) is 3.06. The molecule has 1 fully saturated rings. The third kappa shape index (κ3) is 5.74. The first kappa shape index (κ1) is 28.6. The first-order valence-corrected chi connectivity index (χ1v) is 15.1. The second-order valence-corrected chi connectivity index (χ2v) is 11.9. The van der Waals surface area contributed by atoms with Crippen molar-refractivity contribution < 1.29 is 14.3 Å². The Hall–Kier alpha value is -5.16. The highest BCUT2D eigenvalue weighted by atomic mass is 16.5. The van der Waals surface area contributed by atoms with E-state index < -0.39 is 0 Å². The minimum Gasteiger partial charge on any atom is -0.489 e. The number of aromatic nitrogens is 4. The molecule has 11 heteroatoms. The van der Waals surface area contributed by atoms with Gasteiger partial charge in [-0.15, -0.1) is 0 Å². The average molecular weight is 605 g/mol. The van der Waals surface area contributed by atoms with Crippen molar-refractivity contribution in [2.45, 2.75) is 13.0 Å². The highest BCUT2D eigenvalue weighted by Crippen LogP contribution is 2.40. The van der Waals surface area contributed by atoms with Gasteiger partial charge in [-0.3, -0.25) is 4.79 Å². The fourth-order valence-electron chi connectivity index (χ4n) is 5.97. The van der Waals surface area contributed by atoms with Gasteiger partial charge in [0.25, 0.3) is 0 Å². The Morgan fingerprint density at radius 1 is 1.09 bits per heavy atom. The monoisotopic (exact) mass is 604 g/mol.